The number of nitrogens with one attached hydrogen (secondary N) is 2. The summed E-state index contributed by atoms with van der Waals surface area (Å²) in [5.74, 6) is -0.228. The molecule has 6 nitrogen and oxygen atoms in total. The third-order valence-electron chi connectivity index (χ3n) is 1.71. The van der Waals surface area contributed by atoms with Crippen LogP contribution in [0.3, 0.4) is 0 Å². The first kappa shape index (κ1) is 12.5. The van der Waals surface area contributed by atoms with Crippen molar-refractivity contribution in [2.45, 2.75) is 0 Å². The highest BCUT2D eigenvalue weighted by molar-refractivity contribution is 9.09. The summed E-state index contributed by atoms with van der Waals surface area (Å²) >= 11 is 3.22. The minimum absolute atomic E-state index is 0.228. The largest absolute Gasteiger partial charge is 0.287 e. The van der Waals surface area contributed by atoms with Gasteiger partial charge in [-0.25, -0.2) is 5.43 Å². The van der Waals surface area contributed by atoms with Gasteiger partial charge >= 0.3 is 0 Å². The summed E-state index contributed by atoms with van der Waals surface area (Å²) in [4.78, 5) is 14.1. The minimum atomic E-state index is -0.228. The van der Waals surface area contributed by atoms with E-state index in [1.807, 2.05) is 0 Å². The second-order valence-electron chi connectivity index (χ2n) is 2.81. The van der Waals surface area contributed by atoms with Gasteiger partial charge in [0.1, 0.15) is 0 Å². The third-order valence-corrected chi connectivity index (χ3v) is 2.11. The fourth-order valence-corrected chi connectivity index (χ4v) is 1.19. The number of azide groups is 1. The summed E-state index contributed by atoms with van der Waals surface area (Å²) in [5.41, 5.74) is 14.5. The molecule has 7 heteroatoms. The average Bonchev–Trinajstić information content (AvgIpc) is 2.30. The lowest BCUT2D eigenvalue weighted by atomic mass is 10.2. The maximum atomic E-state index is 11.5. The average molecular weight is 284 g/mol. The van der Waals surface area contributed by atoms with E-state index in [0.29, 0.717) is 17.8 Å². The van der Waals surface area contributed by atoms with Crippen molar-refractivity contribution in [3.05, 3.63) is 40.3 Å². The van der Waals surface area contributed by atoms with Gasteiger partial charge in [0.2, 0.25) is 0 Å². The van der Waals surface area contributed by atoms with Crippen molar-refractivity contribution in [3.8, 4) is 0 Å². The van der Waals surface area contributed by atoms with Crippen molar-refractivity contribution in [1.29, 1.82) is 0 Å². The Balaban J connectivity index is 2.59. The molecule has 0 radical (unpaired) electrons. The number of amides is 1. The third kappa shape index (κ3) is 3.90. The van der Waals surface area contributed by atoms with Crippen LogP contribution in [0.15, 0.2) is 29.4 Å². The molecule has 0 spiro atoms. The number of hydrogen-bond acceptors (Lipinski definition) is 3. The topological polar surface area (TPSA) is 89.9 Å². The van der Waals surface area contributed by atoms with Crippen LogP contribution in [-0.4, -0.2) is 17.8 Å². The summed E-state index contributed by atoms with van der Waals surface area (Å²) in [6.45, 7) is 0.641. The fourth-order valence-electron chi connectivity index (χ4n) is 0.993. The highest BCUT2D eigenvalue weighted by Gasteiger charge is 2.03. The Morgan fingerprint density at radius 1 is 1.44 bits per heavy atom. The Morgan fingerprint density at radius 2 is 2.12 bits per heavy atom. The standard InChI is InChI=1S/C9H10BrN5O/c10-5-6-12-14-9(16)7-1-3-8(4-2-7)13-15-11/h1-4,12H,5-6H2,(H,14,16). The first-order valence-electron chi connectivity index (χ1n) is 4.52. The zero-order chi connectivity index (χ0) is 11.8. The number of nitrogens with zero attached hydrogens (tertiary/aromatic N) is 3. The smallest absolute Gasteiger partial charge is 0.265 e. The molecule has 0 fully saturated rings. The maximum absolute atomic E-state index is 11.5. The monoisotopic (exact) mass is 283 g/mol. The van der Waals surface area contributed by atoms with E-state index >= 15 is 0 Å². The number of alkyl halides is 1. The molecule has 16 heavy (non-hydrogen) atoms. The number of carbonyl (C=O) groups excluding carboxylic acids is 1. The van der Waals surface area contributed by atoms with Crippen molar-refractivity contribution in [2.75, 3.05) is 11.9 Å². The molecule has 0 unspecified atom stereocenters. The Kier molecular flexibility index (Phi) is 5.35. The zero-order valence-corrected chi connectivity index (χ0v) is 9.94. The quantitative estimate of drug-likeness (QED) is 0.217. The van der Waals surface area contributed by atoms with E-state index in [1.54, 1.807) is 24.3 Å². The van der Waals surface area contributed by atoms with Crippen LogP contribution in [0.4, 0.5) is 5.69 Å². The van der Waals surface area contributed by atoms with Crippen molar-refractivity contribution in [3.63, 3.8) is 0 Å². The van der Waals surface area contributed by atoms with Gasteiger partial charge in [-0.05, 0) is 17.7 Å². The van der Waals surface area contributed by atoms with Crippen LogP contribution in [0, 0.1) is 0 Å². The number of hydrogen-bond donors (Lipinski definition) is 2. The van der Waals surface area contributed by atoms with Crippen molar-refractivity contribution in [2.24, 2.45) is 5.11 Å². The molecule has 0 saturated carbocycles. The number of carbonyl (C=O) groups is 1. The summed E-state index contributed by atoms with van der Waals surface area (Å²) in [7, 11) is 0. The molecule has 0 aromatic heterocycles. The molecule has 0 aliphatic rings. The molecule has 1 amide bonds. The lowest BCUT2D eigenvalue weighted by Gasteiger charge is -2.05. The predicted octanol–water partition coefficient (Wildman–Crippen LogP) is 2.26. The van der Waals surface area contributed by atoms with E-state index in [-0.39, 0.29) is 5.91 Å². The van der Waals surface area contributed by atoms with Gasteiger partial charge in [-0.1, -0.05) is 33.2 Å². The molecule has 0 atom stereocenters. The van der Waals surface area contributed by atoms with E-state index in [0.717, 1.165) is 5.33 Å². The molecule has 0 aliphatic carbocycles. The van der Waals surface area contributed by atoms with Gasteiger partial charge in [0, 0.05) is 28.0 Å². The lowest BCUT2D eigenvalue weighted by molar-refractivity contribution is 0.0934. The number of halogens is 1. The van der Waals surface area contributed by atoms with Crippen LogP contribution in [0.5, 0.6) is 0 Å². The van der Waals surface area contributed by atoms with Crippen LogP contribution < -0.4 is 10.9 Å². The van der Waals surface area contributed by atoms with Gasteiger partial charge in [-0.3, -0.25) is 10.2 Å². The van der Waals surface area contributed by atoms with E-state index < -0.39 is 0 Å². The van der Waals surface area contributed by atoms with Gasteiger partial charge < -0.3 is 0 Å². The van der Waals surface area contributed by atoms with Crippen LogP contribution >= 0.6 is 15.9 Å². The van der Waals surface area contributed by atoms with E-state index in [1.165, 1.54) is 0 Å². The lowest BCUT2D eigenvalue weighted by Crippen LogP contribution is -2.38. The predicted molar refractivity (Wildman–Crippen MR) is 64.5 cm³/mol. The molecule has 1 aromatic rings. The second kappa shape index (κ2) is 6.84. The number of rotatable bonds is 5. The highest BCUT2D eigenvalue weighted by atomic mass is 79.9. The first-order valence-corrected chi connectivity index (χ1v) is 5.64. The van der Waals surface area contributed by atoms with Gasteiger partial charge in [-0.15, -0.1) is 0 Å². The van der Waals surface area contributed by atoms with Crippen LogP contribution in [0.2, 0.25) is 0 Å². The number of benzene rings is 1. The minimum Gasteiger partial charge on any atom is -0.287 e. The SMILES string of the molecule is [N-]=[N+]=Nc1ccc(C(=O)NNCCBr)cc1. The van der Waals surface area contributed by atoms with Gasteiger partial charge in [0.25, 0.3) is 5.91 Å². The van der Waals surface area contributed by atoms with E-state index in [9.17, 15) is 4.79 Å². The molecule has 84 valence electrons. The first-order chi connectivity index (χ1) is 7.77. The second-order valence-corrected chi connectivity index (χ2v) is 3.60. The molecule has 1 aromatic carbocycles. The van der Waals surface area contributed by atoms with Crippen LogP contribution in [-0.2, 0) is 0 Å². The Hall–Kier alpha value is -1.56. The van der Waals surface area contributed by atoms with Crippen LogP contribution in [0.1, 0.15) is 10.4 Å². The van der Waals surface area contributed by atoms with Gasteiger partial charge in [0.15, 0.2) is 0 Å². The van der Waals surface area contributed by atoms with Crippen molar-refractivity contribution < 1.29 is 4.79 Å². The highest BCUT2D eigenvalue weighted by Crippen LogP contribution is 2.12. The molecular formula is C9H10BrN5O. The molecule has 0 heterocycles. The van der Waals surface area contributed by atoms with E-state index in [2.05, 4.69) is 36.8 Å². The summed E-state index contributed by atoms with van der Waals surface area (Å²) < 4.78 is 0. The maximum Gasteiger partial charge on any atom is 0.265 e. The normalized spacial score (nSPS) is 9.31. The van der Waals surface area contributed by atoms with Crippen LogP contribution in [0.25, 0.3) is 10.4 Å². The molecule has 0 aliphatic heterocycles. The Morgan fingerprint density at radius 3 is 2.69 bits per heavy atom. The van der Waals surface area contributed by atoms with Crippen molar-refractivity contribution in [1.82, 2.24) is 10.9 Å². The van der Waals surface area contributed by atoms with Crippen molar-refractivity contribution >= 4 is 27.5 Å². The summed E-state index contributed by atoms with van der Waals surface area (Å²) in [6, 6.07) is 6.35. The van der Waals surface area contributed by atoms with Gasteiger partial charge in [-0.2, -0.15) is 0 Å². The molecule has 1 rings (SSSR count). The fraction of sp³-hybridized carbons (Fsp3) is 0.222. The van der Waals surface area contributed by atoms with E-state index in [4.69, 9.17) is 5.53 Å². The van der Waals surface area contributed by atoms with Gasteiger partial charge in [0.05, 0.1) is 0 Å². The zero-order valence-electron chi connectivity index (χ0n) is 8.35. The summed E-state index contributed by atoms with van der Waals surface area (Å²) in [6.07, 6.45) is 0. The Bertz CT molecular complexity index is 399. The Labute approximate surface area is 101 Å². The summed E-state index contributed by atoms with van der Waals surface area (Å²) in [5, 5.41) is 4.16. The molecule has 0 saturated heterocycles. The number of hydrazine groups is 1. The molecule has 0 bridgehead atoms. The molecular weight excluding hydrogens is 274 g/mol. The molecule has 2 N–H and O–H groups in total.